The third-order valence-electron chi connectivity index (χ3n) is 5.07. The topological polar surface area (TPSA) is 62.9 Å². The van der Waals surface area contributed by atoms with Gasteiger partial charge in [-0.3, -0.25) is 0 Å². The predicted octanol–water partition coefficient (Wildman–Crippen LogP) is 6.06. The second-order valence-electron chi connectivity index (χ2n) is 7.88. The molecular formula is C25H26N2O2S. The molecule has 0 aliphatic rings. The summed E-state index contributed by atoms with van der Waals surface area (Å²) >= 11 is 0. The minimum atomic E-state index is -3.86. The normalized spacial score (nSPS) is 12.4. The van der Waals surface area contributed by atoms with Gasteiger partial charge in [0.2, 0.25) is 9.84 Å². The molecule has 4 nitrogen and oxygen atoms in total. The van der Waals surface area contributed by atoms with E-state index in [1.807, 2.05) is 29.1 Å². The van der Waals surface area contributed by atoms with Crippen LogP contribution < -0.4 is 0 Å². The van der Waals surface area contributed by atoms with E-state index in [1.54, 1.807) is 18.2 Å². The first-order chi connectivity index (χ1) is 14.3. The zero-order chi connectivity index (χ0) is 21.9. The fraction of sp³-hybridized carbons (Fsp3) is 0.240. The van der Waals surface area contributed by atoms with E-state index in [-0.39, 0.29) is 9.80 Å². The van der Waals surface area contributed by atoms with Gasteiger partial charge in [-0.2, -0.15) is 5.26 Å². The van der Waals surface area contributed by atoms with Crippen LogP contribution in [0.3, 0.4) is 0 Å². The summed E-state index contributed by atoms with van der Waals surface area (Å²) in [7, 11) is -3.86. The second kappa shape index (κ2) is 8.73. The highest BCUT2D eigenvalue weighted by molar-refractivity contribution is 7.95. The first-order valence-corrected chi connectivity index (χ1v) is 11.5. The molecule has 0 aliphatic heterocycles. The molecular weight excluding hydrogens is 392 g/mol. The van der Waals surface area contributed by atoms with Crippen molar-refractivity contribution in [1.29, 1.82) is 5.26 Å². The Morgan fingerprint density at radius 1 is 0.933 bits per heavy atom. The van der Waals surface area contributed by atoms with Crippen molar-refractivity contribution in [1.82, 2.24) is 4.57 Å². The number of para-hydroxylation sites is 1. The van der Waals surface area contributed by atoms with Gasteiger partial charge < -0.3 is 4.57 Å². The Balaban J connectivity index is 2.09. The average Bonchev–Trinajstić information content (AvgIpc) is 3.20. The van der Waals surface area contributed by atoms with Gasteiger partial charge in [0, 0.05) is 12.4 Å². The monoisotopic (exact) mass is 418 g/mol. The molecule has 0 fully saturated rings. The molecule has 0 unspecified atom stereocenters. The van der Waals surface area contributed by atoms with Crippen molar-refractivity contribution in [2.75, 3.05) is 0 Å². The largest absolute Gasteiger partial charge is 0.323 e. The Labute approximate surface area is 179 Å². The average molecular weight is 419 g/mol. The highest BCUT2D eigenvalue weighted by atomic mass is 32.2. The standard InChI is InChI=1S/C25H26N2O2S/c1-18(2)23-11-8-12-24(19(3)4)25(23)27-14-13-20(17-27)15-22(16-26)30(28,29)21-9-6-5-7-10-21/h5-15,17-19H,1-4H3/b22-15+. The number of hydrogen-bond acceptors (Lipinski definition) is 3. The summed E-state index contributed by atoms with van der Waals surface area (Å²) in [5.74, 6) is 0.682. The quantitative estimate of drug-likeness (QED) is 0.457. The zero-order valence-electron chi connectivity index (χ0n) is 17.7. The maximum absolute atomic E-state index is 12.8. The summed E-state index contributed by atoms with van der Waals surface area (Å²) in [6, 6.07) is 18.1. The van der Waals surface area contributed by atoms with E-state index in [0.29, 0.717) is 17.4 Å². The molecule has 30 heavy (non-hydrogen) atoms. The Hall–Kier alpha value is -3.10. The predicted molar refractivity (Wildman–Crippen MR) is 121 cm³/mol. The van der Waals surface area contributed by atoms with Crippen molar-refractivity contribution in [3.05, 3.63) is 88.6 Å². The minimum absolute atomic E-state index is 0.115. The van der Waals surface area contributed by atoms with E-state index < -0.39 is 9.84 Å². The number of nitriles is 1. The van der Waals surface area contributed by atoms with Crippen molar-refractivity contribution >= 4 is 15.9 Å². The van der Waals surface area contributed by atoms with Crippen molar-refractivity contribution in [3.63, 3.8) is 0 Å². The SMILES string of the molecule is CC(C)c1cccc(C(C)C)c1-n1ccc(/C=C(\C#N)S(=O)(=O)c2ccccc2)c1. The molecule has 0 bridgehead atoms. The number of benzene rings is 2. The summed E-state index contributed by atoms with van der Waals surface area (Å²) in [5.41, 5.74) is 4.24. The van der Waals surface area contributed by atoms with E-state index >= 15 is 0 Å². The summed E-state index contributed by atoms with van der Waals surface area (Å²) in [5, 5.41) is 9.54. The third kappa shape index (κ3) is 4.24. The van der Waals surface area contributed by atoms with Crippen LogP contribution in [-0.4, -0.2) is 13.0 Å². The summed E-state index contributed by atoms with van der Waals surface area (Å²) in [6.45, 7) is 8.64. The fourth-order valence-corrected chi connectivity index (χ4v) is 4.68. The van der Waals surface area contributed by atoms with Crippen LogP contribution in [0, 0.1) is 11.3 Å². The highest BCUT2D eigenvalue weighted by Gasteiger charge is 2.21. The van der Waals surface area contributed by atoms with Crippen molar-refractivity contribution < 1.29 is 8.42 Å². The summed E-state index contributed by atoms with van der Waals surface area (Å²) in [4.78, 5) is -0.155. The lowest BCUT2D eigenvalue weighted by Crippen LogP contribution is -2.05. The van der Waals surface area contributed by atoms with Crippen LogP contribution in [0.4, 0.5) is 0 Å². The van der Waals surface area contributed by atoms with E-state index in [0.717, 1.165) is 5.69 Å². The molecule has 3 aromatic rings. The molecule has 0 saturated heterocycles. The molecule has 0 saturated carbocycles. The second-order valence-corrected chi connectivity index (χ2v) is 9.80. The smallest absolute Gasteiger partial charge is 0.216 e. The molecule has 0 radical (unpaired) electrons. The van der Waals surface area contributed by atoms with E-state index in [4.69, 9.17) is 0 Å². The van der Waals surface area contributed by atoms with Gasteiger partial charge in [-0.25, -0.2) is 8.42 Å². The Bertz CT molecular complexity index is 1190. The number of nitrogens with zero attached hydrogens (tertiary/aromatic N) is 2. The molecule has 0 N–H and O–H groups in total. The summed E-state index contributed by atoms with van der Waals surface area (Å²) in [6.07, 6.45) is 5.24. The van der Waals surface area contributed by atoms with Gasteiger partial charge in [-0.15, -0.1) is 0 Å². The summed E-state index contributed by atoms with van der Waals surface area (Å²) < 4.78 is 27.7. The third-order valence-corrected chi connectivity index (χ3v) is 6.75. The van der Waals surface area contributed by atoms with Gasteiger partial charge in [0.05, 0.1) is 10.6 Å². The van der Waals surface area contributed by atoms with Gasteiger partial charge >= 0.3 is 0 Å². The Morgan fingerprint density at radius 2 is 1.53 bits per heavy atom. The highest BCUT2D eigenvalue weighted by Crippen LogP contribution is 2.32. The molecule has 154 valence electrons. The number of rotatable bonds is 6. The lowest BCUT2D eigenvalue weighted by Gasteiger charge is -2.20. The Morgan fingerprint density at radius 3 is 2.07 bits per heavy atom. The molecule has 1 heterocycles. The number of hydrogen-bond donors (Lipinski definition) is 0. The van der Waals surface area contributed by atoms with E-state index in [1.165, 1.54) is 29.3 Å². The van der Waals surface area contributed by atoms with Crippen LogP contribution in [0.25, 0.3) is 11.8 Å². The maximum atomic E-state index is 12.8. The van der Waals surface area contributed by atoms with Crippen molar-refractivity contribution in [3.8, 4) is 11.8 Å². The number of sulfone groups is 1. The molecule has 3 rings (SSSR count). The van der Waals surface area contributed by atoms with E-state index in [9.17, 15) is 13.7 Å². The first kappa shape index (κ1) is 21.6. The van der Waals surface area contributed by atoms with Crippen LogP contribution in [0.2, 0.25) is 0 Å². The van der Waals surface area contributed by atoms with Crippen molar-refractivity contribution in [2.24, 2.45) is 0 Å². The minimum Gasteiger partial charge on any atom is -0.323 e. The zero-order valence-corrected chi connectivity index (χ0v) is 18.5. The van der Waals surface area contributed by atoms with Crippen LogP contribution in [-0.2, 0) is 9.84 Å². The van der Waals surface area contributed by atoms with Gasteiger partial charge in [-0.05, 0) is 52.8 Å². The van der Waals surface area contributed by atoms with Gasteiger partial charge in [0.15, 0.2) is 0 Å². The fourth-order valence-electron chi connectivity index (χ4n) is 3.50. The van der Waals surface area contributed by atoms with Crippen LogP contribution >= 0.6 is 0 Å². The molecule has 0 atom stereocenters. The van der Waals surface area contributed by atoms with Gasteiger partial charge in [0.25, 0.3) is 0 Å². The lowest BCUT2D eigenvalue weighted by atomic mass is 9.92. The molecule has 2 aromatic carbocycles. The first-order valence-electron chi connectivity index (χ1n) is 9.98. The van der Waals surface area contributed by atoms with Crippen LogP contribution in [0.1, 0.15) is 56.2 Å². The number of aromatic nitrogens is 1. The lowest BCUT2D eigenvalue weighted by molar-refractivity contribution is 0.603. The molecule has 0 amide bonds. The van der Waals surface area contributed by atoms with Crippen molar-refractivity contribution in [2.45, 2.75) is 44.4 Å². The van der Waals surface area contributed by atoms with E-state index in [2.05, 4.69) is 45.9 Å². The van der Waals surface area contributed by atoms with Crippen LogP contribution in [0.15, 0.2) is 76.8 Å². The maximum Gasteiger partial charge on any atom is 0.216 e. The van der Waals surface area contributed by atoms with Crippen LogP contribution in [0.5, 0.6) is 0 Å². The molecule has 1 aromatic heterocycles. The molecule has 0 aliphatic carbocycles. The van der Waals surface area contributed by atoms with Gasteiger partial charge in [0.1, 0.15) is 11.0 Å². The van der Waals surface area contributed by atoms with Gasteiger partial charge in [-0.1, -0.05) is 64.1 Å². The Kier molecular flexibility index (Phi) is 6.28. The molecule has 0 spiro atoms. The number of allylic oxidation sites excluding steroid dienone is 1. The molecule has 5 heteroatoms.